The molecule has 1 aromatic rings. The number of rotatable bonds is 3. The minimum Gasteiger partial charge on any atom is -0.466 e. The number of likely N-dealkylation sites (N-methyl/N-ethyl adjacent to an activating group) is 1. The van der Waals surface area contributed by atoms with Crippen LogP contribution in [-0.2, 0) is 29.4 Å². The Labute approximate surface area is 173 Å². The fraction of sp³-hybridized carbons (Fsp3) is 0.381. The topological polar surface area (TPSA) is 76.2 Å². The first kappa shape index (κ1) is 19.7. The van der Waals surface area contributed by atoms with Crippen molar-refractivity contribution < 1.29 is 23.9 Å². The molecule has 0 aromatic heterocycles. The number of carbonyl (C=O) groups is 3. The van der Waals surface area contributed by atoms with Gasteiger partial charge < -0.3 is 14.4 Å². The predicted molar refractivity (Wildman–Crippen MR) is 106 cm³/mol. The number of benzene rings is 1. The first-order valence-corrected chi connectivity index (χ1v) is 9.69. The Morgan fingerprint density at radius 2 is 2.03 bits per heavy atom. The summed E-state index contributed by atoms with van der Waals surface area (Å²) in [5, 5.41) is 0.477. The van der Waals surface area contributed by atoms with Crippen LogP contribution in [0.15, 0.2) is 41.5 Å². The highest BCUT2D eigenvalue weighted by Gasteiger charge is 2.65. The molecule has 3 aliphatic heterocycles. The minimum atomic E-state index is -1.32. The van der Waals surface area contributed by atoms with Gasteiger partial charge in [0, 0.05) is 42.0 Å². The van der Waals surface area contributed by atoms with Crippen LogP contribution in [0.2, 0.25) is 5.02 Å². The van der Waals surface area contributed by atoms with Crippen LogP contribution in [0, 0.1) is 0 Å². The molecule has 0 saturated carbocycles. The Bertz CT molecular complexity index is 985. The Kier molecular flexibility index (Phi) is 4.75. The van der Waals surface area contributed by atoms with Crippen LogP contribution in [0.3, 0.4) is 0 Å². The zero-order valence-corrected chi connectivity index (χ0v) is 17.2. The maximum Gasteiger partial charge on any atom is 0.336 e. The van der Waals surface area contributed by atoms with Crippen molar-refractivity contribution in [2.24, 2.45) is 0 Å². The molecule has 7 nitrogen and oxygen atoms in total. The molecule has 2 unspecified atom stereocenters. The zero-order valence-electron chi connectivity index (χ0n) is 16.4. The summed E-state index contributed by atoms with van der Waals surface area (Å²) in [5.41, 5.74) is 0.881. The average Bonchev–Trinajstić information content (AvgIpc) is 3.35. The van der Waals surface area contributed by atoms with Gasteiger partial charge >= 0.3 is 11.9 Å². The van der Waals surface area contributed by atoms with Gasteiger partial charge in [0.15, 0.2) is 5.54 Å². The average molecular weight is 417 g/mol. The summed E-state index contributed by atoms with van der Waals surface area (Å²) < 4.78 is 9.80. The Morgan fingerprint density at radius 3 is 2.72 bits per heavy atom. The van der Waals surface area contributed by atoms with Gasteiger partial charge in [-0.05, 0) is 42.7 Å². The third-order valence-corrected chi connectivity index (χ3v) is 6.24. The molecular weight excluding hydrogens is 396 g/mol. The molecule has 8 heteroatoms. The van der Waals surface area contributed by atoms with Crippen LogP contribution in [0.4, 0.5) is 5.69 Å². The van der Waals surface area contributed by atoms with Crippen molar-refractivity contribution in [1.29, 1.82) is 0 Å². The van der Waals surface area contributed by atoms with Crippen LogP contribution in [0.1, 0.15) is 18.4 Å². The maximum atomic E-state index is 13.7. The molecule has 1 fully saturated rings. The number of amides is 1. The van der Waals surface area contributed by atoms with Crippen molar-refractivity contribution in [3.8, 4) is 0 Å². The van der Waals surface area contributed by atoms with Gasteiger partial charge in [0.2, 0.25) is 0 Å². The third-order valence-electron chi connectivity index (χ3n) is 6.01. The standard InChI is InChI=1S/C21H21ClN2O5/c1-23-16-8-6-12(22)11-14(16)21(20(23)27)18(19(26)29-3)13(7-9-17(25)28-2)15-5-4-10-24(15)21/h6-9,11,15H,4-5,10H2,1-3H3/b9-7+. The molecule has 3 aliphatic rings. The van der Waals surface area contributed by atoms with Gasteiger partial charge in [-0.2, -0.15) is 0 Å². The lowest BCUT2D eigenvalue weighted by atomic mass is 9.82. The number of hydrogen-bond acceptors (Lipinski definition) is 6. The number of anilines is 1. The summed E-state index contributed by atoms with van der Waals surface area (Å²) in [6.07, 6.45) is 4.47. The van der Waals surface area contributed by atoms with Gasteiger partial charge in [0.25, 0.3) is 5.91 Å². The monoisotopic (exact) mass is 416 g/mol. The van der Waals surface area contributed by atoms with E-state index in [1.807, 2.05) is 4.90 Å². The van der Waals surface area contributed by atoms with Crippen molar-refractivity contribution in [3.05, 3.63) is 52.1 Å². The number of methoxy groups -OCH3 is 2. The van der Waals surface area contributed by atoms with E-state index in [1.165, 1.54) is 20.3 Å². The van der Waals surface area contributed by atoms with Crippen molar-refractivity contribution in [1.82, 2.24) is 4.90 Å². The summed E-state index contributed by atoms with van der Waals surface area (Å²) in [7, 11) is 4.26. The number of ether oxygens (including phenoxy) is 2. The fourth-order valence-corrected chi connectivity index (χ4v) is 5.05. The molecule has 152 valence electrons. The summed E-state index contributed by atoms with van der Waals surface area (Å²) in [4.78, 5) is 42.0. The number of hydrogen-bond donors (Lipinski definition) is 0. The molecule has 1 amide bonds. The van der Waals surface area contributed by atoms with Gasteiger partial charge in [-0.25, -0.2) is 9.59 Å². The van der Waals surface area contributed by atoms with Gasteiger partial charge in [-0.3, -0.25) is 9.69 Å². The largest absolute Gasteiger partial charge is 0.466 e. The molecule has 0 N–H and O–H groups in total. The predicted octanol–water partition coefficient (Wildman–Crippen LogP) is 2.19. The summed E-state index contributed by atoms with van der Waals surface area (Å²) in [5.74, 6) is -1.37. The normalized spacial score (nSPS) is 25.9. The fourth-order valence-electron chi connectivity index (χ4n) is 4.88. The molecule has 3 heterocycles. The number of nitrogens with zero attached hydrogens (tertiary/aromatic N) is 2. The van der Waals surface area contributed by atoms with E-state index in [2.05, 4.69) is 0 Å². The zero-order chi connectivity index (χ0) is 20.9. The van der Waals surface area contributed by atoms with E-state index in [9.17, 15) is 14.4 Å². The van der Waals surface area contributed by atoms with E-state index in [0.717, 1.165) is 12.8 Å². The number of fused-ring (bicyclic) bond motifs is 4. The quantitative estimate of drug-likeness (QED) is 0.555. The number of esters is 2. The second kappa shape index (κ2) is 7.00. The van der Waals surface area contributed by atoms with Crippen molar-refractivity contribution in [2.45, 2.75) is 24.4 Å². The van der Waals surface area contributed by atoms with Crippen LogP contribution < -0.4 is 4.90 Å². The lowest BCUT2D eigenvalue weighted by molar-refractivity contribution is -0.140. The molecule has 4 rings (SSSR count). The molecule has 0 radical (unpaired) electrons. The molecule has 1 saturated heterocycles. The summed E-state index contributed by atoms with van der Waals surface area (Å²) >= 11 is 6.29. The third kappa shape index (κ3) is 2.57. The van der Waals surface area contributed by atoms with E-state index < -0.39 is 17.5 Å². The van der Waals surface area contributed by atoms with Crippen LogP contribution in [-0.4, -0.2) is 56.6 Å². The molecule has 1 spiro atoms. The molecule has 29 heavy (non-hydrogen) atoms. The molecular formula is C21H21ClN2O5. The van der Waals surface area contributed by atoms with Crippen LogP contribution in [0.5, 0.6) is 0 Å². The van der Waals surface area contributed by atoms with Gasteiger partial charge in [0.05, 0.1) is 19.8 Å². The highest BCUT2D eigenvalue weighted by molar-refractivity contribution is 6.31. The van der Waals surface area contributed by atoms with Gasteiger partial charge in [-0.1, -0.05) is 11.6 Å². The molecule has 2 atom stereocenters. The number of carbonyl (C=O) groups excluding carboxylic acids is 3. The van der Waals surface area contributed by atoms with E-state index in [1.54, 1.807) is 36.2 Å². The highest BCUT2D eigenvalue weighted by atomic mass is 35.5. The minimum absolute atomic E-state index is 0.188. The number of halogens is 1. The smallest absolute Gasteiger partial charge is 0.336 e. The lowest BCUT2D eigenvalue weighted by Crippen LogP contribution is -2.52. The van der Waals surface area contributed by atoms with Crippen molar-refractivity contribution in [2.75, 3.05) is 32.7 Å². The molecule has 1 aromatic carbocycles. The Hall–Kier alpha value is -2.64. The van der Waals surface area contributed by atoms with E-state index in [-0.39, 0.29) is 17.5 Å². The highest BCUT2D eigenvalue weighted by Crippen LogP contribution is 2.57. The van der Waals surface area contributed by atoms with Gasteiger partial charge in [0.1, 0.15) is 0 Å². The van der Waals surface area contributed by atoms with Gasteiger partial charge in [-0.15, -0.1) is 0 Å². The Balaban J connectivity index is 2.04. The Morgan fingerprint density at radius 1 is 1.28 bits per heavy atom. The van der Waals surface area contributed by atoms with E-state index >= 15 is 0 Å². The van der Waals surface area contributed by atoms with Crippen LogP contribution in [0.25, 0.3) is 0 Å². The molecule has 0 bridgehead atoms. The second-order valence-corrected chi connectivity index (χ2v) is 7.70. The summed E-state index contributed by atoms with van der Waals surface area (Å²) in [6.45, 7) is 0.631. The van der Waals surface area contributed by atoms with E-state index in [0.29, 0.717) is 28.4 Å². The van der Waals surface area contributed by atoms with Crippen LogP contribution >= 0.6 is 11.6 Å². The maximum absolute atomic E-state index is 13.7. The lowest BCUT2D eigenvalue weighted by Gasteiger charge is -2.35. The second-order valence-electron chi connectivity index (χ2n) is 7.27. The SMILES string of the molecule is COC(=O)/C=C/C1=C(C(=O)OC)C2(C(=O)N(C)c3ccc(Cl)cc32)N2CCCC12. The molecule has 0 aliphatic carbocycles. The first-order valence-electron chi connectivity index (χ1n) is 9.31. The van der Waals surface area contributed by atoms with E-state index in [4.69, 9.17) is 21.1 Å². The first-order chi connectivity index (χ1) is 13.9. The van der Waals surface area contributed by atoms with Crippen molar-refractivity contribution in [3.63, 3.8) is 0 Å². The van der Waals surface area contributed by atoms with Crippen molar-refractivity contribution >= 4 is 35.1 Å². The summed E-state index contributed by atoms with van der Waals surface area (Å²) in [6, 6.07) is 5.06.